The van der Waals surface area contributed by atoms with Gasteiger partial charge in [0.15, 0.2) is 11.5 Å². The zero-order valence-corrected chi connectivity index (χ0v) is 32.8. The van der Waals surface area contributed by atoms with Gasteiger partial charge >= 0.3 is 6.09 Å². The van der Waals surface area contributed by atoms with Gasteiger partial charge in [0.05, 0.1) is 25.7 Å². The molecule has 2 aliphatic heterocycles. The van der Waals surface area contributed by atoms with Crippen molar-refractivity contribution in [3.8, 4) is 11.5 Å². The topological polar surface area (TPSA) is 91.9 Å². The molecule has 3 amide bonds. The van der Waals surface area contributed by atoms with E-state index in [1.807, 2.05) is 92.9 Å². The minimum Gasteiger partial charge on any atom is -0.493 e. The number of piperazine rings is 1. The molecule has 1 atom stereocenters. The van der Waals surface area contributed by atoms with Crippen molar-refractivity contribution in [1.29, 1.82) is 0 Å². The van der Waals surface area contributed by atoms with Crippen LogP contribution in [0.1, 0.15) is 83.0 Å². The van der Waals surface area contributed by atoms with Crippen LogP contribution >= 0.6 is 11.6 Å². The highest BCUT2D eigenvalue weighted by atomic mass is 35.5. The maximum atomic E-state index is 14.0. The van der Waals surface area contributed by atoms with Gasteiger partial charge in [0.2, 0.25) is 11.8 Å². The van der Waals surface area contributed by atoms with E-state index in [0.717, 1.165) is 60.3 Å². The number of benzene rings is 3. The van der Waals surface area contributed by atoms with Crippen LogP contribution in [0.4, 0.5) is 16.2 Å². The normalized spacial score (nSPS) is 20.7. The van der Waals surface area contributed by atoms with Crippen LogP contribution in [0.15, 0.2) is 60.7 Å². The number of ether oxygens (including phenoxy) is 3. The Morgan fingerprint density at radius 1 is 0.925 bits per heavy atom. The predicted molar refractivity (Wildman–Crippen MR) is 208 cm³/mol. The van der Waals surface area contributed by atoms with Gasteiger partial charge in [0.25, 0.3) is 0 Å². The molecule has 0 aromatic heterocycles. The van der Waals surface area contributed by atoms with Gasteiger partial charge in [-0.15, -0.1) is 0 Å². The Kier molecular flexibility index (Phi) is 11.5. The van der Waals surface area contributed by atoms with Crippen molar-refractivity contribution < 1.29 is 28.6 Å². The molecule has 0 bridgehead atoms. The fraction of sp³-hybridized carbons (Fsp3) is 0.500. The molecule has 284 valence electrons. The number of rotatable bonds is 9. The number of carbonyl (C=O) groups excluding carboxylic acids is 3. The molecule has 3 aliphatic rings. The van der Waals surface area contributed by atoms with Crippen molar-refractivity contribution in [2.45, 2.75) is 90.5 Å². The molecule has 10 nitrogen and oxygen atoms in total. The first-order valence-corrected chi connectivity index (χ1v) is 19.1. The molecule has 1 saturated heterocycles. The largest absolute Gasteiger partial charge is 0.493 e. The lowest BCUT2D eigenvalue weighted by atomic mass is 9.84. The van der Waals surface area contributed by atoms with E-state index in [9.17, 15) is 14.4 Å². The van der Waals surface area contributed by atoms with Crippen molar-refractivity contribution in [3.05, 3.63) is 82.4 Å². The lowest BCUT2D eigenvalue weighted by Crippen LogP contribution is -2.56. The third-order valence-electron chi connectivity index (χ3n) is 10.4. The molecular formula is C42H53ClN4O6. The number of carbonyl (C=O) groups is 3. The molecule has 6 rings (SSSR count). The SMILES string of the molecule is COc1cc2c(cc1OC(C)C)C(c1ccc(Cl)cc1)N(c1ccc(N(C)CC3CCC(N4CCN(C(=O)OC(C)(C)C)CC4=O)CC3)cc1)C(=O)C2. The summed E-state index contributed by atoms with van der Waals surface area (Å²) in [7, 11) is 3.73. The molecular weight excluding hydrogens is 692 g/mol. The third kappa shape index (κ3) is 8.86. The first-order chi connectivity index (χ1) is 25.2. The molecule has 1 aliphatic carbocycles. The standard InChI is InChI=1S/C42H53ClN4O6/c1-27(2)52-37-24-35-30(22-36(37)51-7)23-38(48)47(40(35)29-10-12-31(43)13-11-29)34-18-16-32(17-19-34)44(6)25-28-8-14-33(15-9-28)46-21-20-45(26-39(46)49)41(50)53-42(3,4)5/h10-13,16-19,22,24,27-28,33,40H,8-9,14-15,20-21,23,25-26H2,1-7H3. The Morgan fingerprint density at radius 2 is 1.60 bits per heavy atom. The van der Waals surface area contributed by atoms with Gasteiger partial charge in [-0.05, 0) is 131 Å². The van der Waals surface area contributed by atoms with Gasteiger partial charge in [-0.1, -0.05) is 23.7 Å². The van der Waals surface area contributed by atoms with Crippen LogP contribution < -0.4 is 19.3 Å². The first kappa shape index (κ1) is 38.3. The predicted octanol–water partition coefficient (Wildman–Crippen LogP) is 7.89. The van der Waals surface area contributed by atoms with Crippen LogP contribution in [0, 0.1) is 5.92 Å². The van der Waals surface area contributed by atoms with Crippen molar-refractivity contribution in [2.24, 2.45) is 5.92 Å². The summed E-state index contributed by atoms with van der Waals surface area (Å²) in [5.74, 6) is 1.76. The number of methoxy groups -OCH3 is 1. The highest BCUT2D eigenvalue weighted by Gasteiger charge is 2.37. The maximum absolute atomic E-state index is 14.0. The van der Waals surface area contributed by atoms with E-state index in [-0.39, 0.29) is 43.0 Å². The molecule has 53 heavy (non-hydrogen) atoms. The average Bonchev–Trinajstić information content (AvgIpc) is 3.11. The lowest BCUT2D eigenvalue weighted by Gasteiger charge is -2.42. The van der Waals surface area contributed by atoms with Crippen molar-refractivity contribution in [2.75, 3.05) is 50.1 Å². The van der Waals surface area contributed by atoms with Gasteiger partial charge in [-0.3, -0.25) is 14.5 Å². The van der Waals surface area contributed by atoms with Gasteiger partial charge in [-0.25, -0.2) is 4.79 Å². The number of anilines is 2. The molecule has 11 heteroatoms. The summed E-state index contributed by atoms with van der Waals surface area (Å²) in [6.07, 6.45) is 3.74. The summed E-state index contributed by atoms with van der Waals surface area (Å²) < 4.78 is 17.3. The van der Waals surface area contributed by atoms with E-state index in [0.29, 0.717) is 35.5 Å². The fourth-order valence-corrected chi connectivity index (χ4v) is 8.01. The number of halogens is 1. The number of nitrogens with zero attached hydrogens (tertiary/aromatic N) is 4. The zero-order chi connectivity index (χ0) is 38.0. The lowest BCUT2D eigenvalue weighted by molar-refractivity contribution is -0.139. The minimum atomic E-state index is -0.589. The van der Waals surface area contributed by atoms with Gasteiger partial charge in [-0.2, -0.15) is 0 Å². The highest BCUT2D eigenvalue weighted by molar-refractivity contribution is 6.30. The second-order valence-electron chi connectivity index (χ2n) is 15.8. The fourth-order valence-electron chi connectivity index (χ4n) is 7.88. The van der Waals surface area contributed by atoms with E-state index in [2.05, 4.69) is 24.1 Å². The smallest absolute Gasteiger partial charge is 0.410 e. The third-order valence-corrected chi connectivity index (χ3v) is 10.7. The van der Waals surface area contributed by atoms with Crippen molar-refractivity contribution in [3.63, 3.8) is 0 Å². The van der Waals surface area contributed by atoms with Gasteiger partial charge in [0.1, 0.15) is 12.1 Å². The zero-order valence-electron chi connectivity index (χ0n) is 32.1. The Labute approximate surface area is 318 Å². The van der Waals surface area contributed by atoms with E-state index >= 15 is 0 Å². The number of hydrogen-bond donors (Lipinski definition) is 0. The average molecular weight is 745 g/mol. The summed E-state index contributed by atoms with van der Waals surface area (Å²) in [5, 5.41) is 0.633. The van der Waals surface area contributed by atoms with Gasteiger partial charge < -0.3 is 28.9 Å². The summed E-state index contributed by atoms with van der Waals surface area (Å²) in [6.45, 7) is 11.5. The Hall–Kier alpha value is -4.44. The molecule has 0 radical (unpaired) electrons. The second kappa shape index (κ2) is 15.9. The molecule has 0 N–H and O–H groups in total. The van der Waals surface area contributed by atoms with Crippen LogP contribution in [0.2, 0.25) is 5.02 Å². The quantitative estimate of drug-likeness (QED) is 0.220. The summed E-state index contributed by atoms with van der Waals surface area (Å²) >= 11 is 6.30. The maximum Gasteiger partial charge on any atom is 0.410 e. The van der Waals surface area contributed by atoms with E-state index in [4.69, 9.17) is 25.8 Å². The van der Waals surface area contributed by atoms with Crippen LogP contribution in [0.5, 0.6) is 11.5 Å². The van der Waals surface area contributed by atoms with Crippen molar-refractivity contribution >= 4 is 40.9 Å². The Balaban J connectivity index is 1.12. The molecule has 0 spiro atoms. The monoisotopic (exact) mass is 744 g/mol. The number of amides is 3. The summed E-state index contributed by atoms with van der Waals surface area (Å²) in [4.78, 5) is 47.2. The van der Waals surface area contributed by atoms with Crippen LogP contribution in [-0.4, -0.2) is 85.8 Å². The van der Waals surface area contributed by atoms with E-state index in [1.54, 1.807) is 7.11 Å². The van der Waals surface area contributed by atoms with Crippen LogP contribution in [0.25, 0.3) is 0 Å². The Morgan fingerprint density at radius 3 is 2.21 bits per heavy atom. The molecule has 2 heterocycles. The molecule has 3 aromatic rings. The highest BCUT2D eigenvalue weighted by Crippen LogP contribution is 2.44. The van der Waals surface area contributed by atoms with Crippen LogP contribution in [0.3, 0.4) is 0 Å². The first-order valence-electron chi connectivity index (χ1n) is 18.7. The molecule has 2 fully saturated rings. The summed E-state index contributed by atoms with van der Waals surface area (Å²) in [5.41, 5.74) is 4.16. The van der Waals surface area contributed by atoms with Crippen LogP contribution in [-0.2, 0) is 20.7 Å². The molecule has 1 unspecified atom stereocenters. The van der Waals surface area contributed by atoms with E-state index < -0.39 is 11.7 Å². The number of hydrogen-bond acceptors (Lipinski definition) is 7. The van der Waals surface area contributed by atoms with Gasteiger partial charge in [0, 0.05) is 49.1 Å². The van der Waals surface area contributed by atoms with Crippen molar-refractivity contribution in [1.82, 2.24) is 9.80 Å². The summed E-state index contributed by atoms with van der Waals surface area (Å²) in [6, 6.07) is 19.7. The molecule has 1 saturated carbocycles. The minimum absolute atomic E-state index is 0.000342. The Bertz CT molecular complexity index is 1780. The van der Waals surface area contributed by atoms with E-state index in [1.165, 1.54) is 4.90 Å². The second-order valence-corrected chi connectivity index (χ2v) is 16.3. The number of fused-ring (bicyclic) bond motifs is 1. The molecule has 3 aromatic carbocycles.